The van der Waals surface area contributed by atoms with Gasteiger partial charge in [0.2, 0.25) is 0 Å². The molecule has 0 aliphatic heterocycles. The number of nitrogens with two attached hydrogens (primary N) is 1. The number of aromatic amines is 1. The van der Waals surface area contributed by atoms with E-state index < -0.39 is 6.04 Å². The summed E-state index contributed by atoms with van der Waals surface area (Å²) in [6, 6.07) is 8.49. The molecule has 9 heteroatoms. The average molecular weight is 432 g/mol. The monoisotopic (exact) mass is 431 g/mol. The summed E-state index contributed by atoms with van der Waals surface area (Å²) in [5.41, 5.74) is 8.31. The van der Waals surface area contributed by atoms with Gasteiger partial charge in [-0.25, -0.2) is 19.9 Å². The second-order valence-corrected chi connectivity index (χ2v) is 7.31. The molecular formula is C22H18ClN7O. The predicted molar refractivity (Wildman–Crippen MR) is 121 cm³/mol. The lowest BCUT2D eigenvalue weighted by atomic mass is 10.2. The van der Waals surface area contributed by atoms with Gasteiger partial charge in [0.25, 0.3) is 5.56 Å². The quantitative estimate of drug-likeness (QED) is 0.425. The highest BCUT2D eigenvalue weighted by molar-refractivity contribution is 6.35. The molecule has 0 aliphatic rings. The van der Waals surface area contributed by atoms with E-state index >= 15 is 0 Å². The Morgan fingerprint density at radius 1 is 1.16 bits per heavy atom. The number of nitrogen functional groups attached to an aromatic ring is 1. The van der Waals surface area contributed by atoms with Crippen LogP contribution >= 0.6 is 11.6 Å². The fourth-order valence-electron chi connectivity index (χ4n) is 2.95. The van der Waals surface area contributed by atoms with Gasteiger partial charge in [0, 0.05) is 6.20 Å². The maximum atomic E-state index is 12.5. The Bertz CT molecular complexity index is 1390. The van der Waals surface area contributed by atoms with E-state index in [2.05, 4.69) is 42.1 Å². The van der Waals surface area contributed by atoms with Gasteiger partial charge < -0.3 is 16.0 Å². The summed E-state index contributed by atoms with van der Waals surface area (Å²) in [5.74, 6) is 7.04. The van der Waals surface area contributed by atoms with Crippen molar-refractivity contribution >= 4 is 34.1 Å². The molecule has 0 amide bonds. The fourth-order valence-corrected chi connectivity index (χ4v) is 3.20. The first-order valence-electron chi connectivity index (χ1n) is 9.42. The molecule has 0 radical (unpaired) electrons. The fraction of sp³-hybridized carbons (Fsp3) is 0.136. The standard InChI is InChI=1S/C22H18ClN7O/c1-12-6-7-14(25-10-12)8-9-15-19(24)26-11-27-21(15)28-13(2)20-29-17-5-3-4-16(23)18(17)22(31)30-20/h3-7,10-11,13H,1-2H3,(H,29,30,31)(H3,24,26,27,28). The van der Waals surface area contributed by atoms with Crippen molar-refractivity contribution in [1.29, 1.82) is 0 Å². The molecular weight excluding hydrogens is 414 g/mol. The van der Waals surface area contributed by atoms with Crippen molar-refractivity contribution in [2.75, 3.05) is 11.1 Å². The van der Waals surface area contributed by atoms with Gasteiger partial charge in [-0.15, -0.1) is 0 Å². The zero-order valence-corrected chi connectivity index (χ0v) is 17.5. The van der Waals surface area contributed by atoms with E-state index in [0.29, 0.717) is 38.8 Å². The van der Waals surface area contributed by atoms with Crippen molar-refractivity contribution in [1.82, 2.24) is 24.9 Å². The summed E-state index contributed by atoms with van der Waals surface area (Å²) in [7, 11) is 0. The SMILES string of the molecule is Cc1ccc(C#Cc2c(N)ncnc2NC(C)c2nc3cccc(Cl)c3c(=O)[nH]2)nc1. The second-order valence-electron chi connectivity index (χ2n) is 6.90. The van der Waals surface area contributed by atoms with Crippen LogP contribution in [-0.4, -0.2) is 24.9 Å². The topological polar surface area (TPSA) is 122 Å². The number of nitrogens with one attached hydrogen (secondary N) is 2. The first-order valence-corrected chi connectivity index (χ1v) is 9.80. The predicted octanol–water partition coefficient (Wildman–Crippen LogP) is 3.23. The Morgan fingerprint density at radius 2 is 2.00 bits per heavy atom. The minimum absolute atomic E-state index is 0.232. The van der Waals surface area contributed by atoms with Gasteiger partial charge in [-0.05, 0) is 43.5 Å². The highest BCUT2D eigenvalue weighted by Crippen LogP contribution is 2.23. The number of rotatable bonds is 3. The van der Waals surface area contributed by atoms with Crippen LogP contribution in [0.3, 0.4) is 0 Å². The van der Waals surface area contributed by atoms with E-state index in [-0.39, 0.29) is 11.4 Å². The van der Waals surface area contributed by atoms with E-state index in [0.717, 1.165) is 5.56 Å². The molecule has 0 spiro atoms. The van der Waals surface area contributed by atoms with Gasteiger partial charge in [-0.3, -0.25) is 4.79 Å². The number of halogens is 1. The third-order valence-corrected chi connectivity index (χ3v) is 4.88. The number of aryl methyl sites for hydroxylation is 1. The van der Waals surface area contributed by atoms with Gasteiger partial charge in [0.05, 0.1) is 22.0 Å². The van der Waals surface area contributed by atoms with Crippen LogP contribution < -0.4 is 16.6 Å². The largest absolute Gasteiger partial charge is 0.382 e. The minimum Gasteiger partial charge on any atom is -0.382 e. The van der Waals surface area contributed by atoms with Crippen molar-refractivity contribution in [2.45, 2.75) is 19.9 Å². The molecule has 154 valence electrons. The molecule has 4 rings (SSSR count). The minimum atomic E-state index is -0.400. The maximum Gasteiger partial charge on any atom is 0.260 e. The van der Waals surface area contributed by atoms with E-state index in [4.69, 9.17) is 17.3 Å². The zero-order chi connectivity index (χ0) is 22.0. The molecule has 1 atom stereocenters. The molecule has 4 N–H and O–H groups in total. The molecule has 0 saturated heterocycles. The molecule has 3 heterocycles. The Kier molecular flexibility index (Phi) is 5.52. The number of aromatic nitrogens is 5. The Labute approximate surface area is 183 Å². The molecule has 8 nitrogen and oxygen atoms in total. The van der Waals surface area contributed by atoms with E-state index in [9.17, 15) is 4.79 Å². The summed E-state index contributed by atoms with van der Waals surface area (Å²) in [6.45, 7) is 3.79. The number of H-pyrrole nitrogens is 1. The third kappa shape index (κ3) is 4.32. The first kappa shape index (κ1) is 20.3. The van der Waals surface area contributed by atoms with Crippen molar-refractivity contribution in [2.24, 2.45) is 0 Å². The highest BCUT2D eigenvalue weighted by Gasteiger charge is 2.15. The van der Waals surface area contributed by atoms with E-state index in [1.807, 2.05) is 26.0 Å². The normalized spacial score (nSPS) is 11.6. The highest BCUT2D eigenvalue weighted by atomic mass is 35.5. The number of hydrogen-bond acceptors (Lipinski definition) is 7. The summed E-state index contributed by atoms with van der Waals surface area (Å²) >= 11 is 6.13. The Morgan fingerprint density at radius 3 is 2.77 bits per heavy atom. The van der Waals surface area contributed by atoms with Crippen LogP contribution in [0.5, 0.6) is 0 Å². The molecule has 1 unspecified atom stereocenters. The van der Waals surface area contributed by atoms with Crippen LogP contribution in [0.25, 0.3) is 10.9 Å². The molecule has 4 aromatic rings. The van der Waals surface area contributed by atoms with Gasteiger partial charge in [0.15, 0.2) is 0 Å². The van der Waals surface area contributed by atoms with Gasteiger partial charge in [-0.2, -0.15) is 0 Å². The lowest BCUT2D eigenvalue weighted by molar-refractivity contribution is 0.784. The maximum absolute atomic E-state index is 12.5. The second kappa shape index (κ2) is 8.42. The molecule has 0 fully saturated rings. The zero-order valence-electron chi connectivity index (χ0n) is 16.8. The Balaban J connectivity index is 1.67. The van der Waals surface area contributed by atoms with E-state index in [1.165, 1.54) is 6.33 Å². The molecule has 0 bridgehead atoms. The van der Waals surface area contributed by atoms with Crippen LogP contribution in [0.4, 0.5) is 11.6 Å². The lowest BCUT2D eigenvalue weighted by Crippen LogP contribution is -2.19. The summed E-state index contributed by atoms with van der Waals surface area (Å²) in [5, 5.41) is 3.90. The Hall–Kier alpha value is -3.96. The van der Waals surface area contributed by atoms with Crippen molar-refractivity contribution in [3.63, 3.8) is 0 Å². The molecule has 31 heavy (non-hydrogen) atoms. The number of fused-ring (bicyclic) bond motifs is 1. The van der Waals surface area contributed by atoms with Crippen LogP contribution in [-0.2, 0) is 0 Å². The van der Waals surface area contributed by atoms with Crippen molar-refractivity contribution < 1.29 is 0 Å². The summed E-state index contributed by atoms with van der Waals surface area (Å²) in [6.07, 6.45) is 3.08. The van der Waals surface area contributed by atoms with Gasteiger partial charge >= 0.3 is 0 Å². The van der Waals surface area contributed by atoms with Crippen molar-refractivity contribution in [3.05, 3.63) is 80.9 Å². The van der Waals surface area contributed by atoms with Crippen LogP contribution in [0, 0.1) is 18.8 Å². The van der Waals surface area contributed by atoms with Crippen LogP contribution in [0.2, 0.25) is 5.02 Å². The number of nitrogens with zero attached hydrogens (tertiary/aromatic N) is 4. The van der Waals surface area contributed by atoms with E-state index in [1.54, 1.807) is 24.4 Å². The summed E-state index contributed by atoms with van der Waals surface area (Å²) in [4.78, 5) is 32.4. The number of hydrogen-bond donors (Lipinski definition) is 3. The molecule has 0 saturated carbocycles. The number of benzene rings is 1. The smallest absolute Gasteiger partial charge is 0.260 e. The third-order valence-electron chi connectivity index (χ3n) is 4.57. The average Bonchev–Trinajstić information content (AvgIpc) is 2.74. The van der Waals surface area contributed by atoms with Crippen LogP contribution in [0.15, 0.2) is 47.7 Å². The van der Waals surface area contributed by atoms with Gasteiger partial charge in [0.1, 0.15) is 35.0 Å². The molecule has 3 aromatic heterocycles. The van der Waals surface area contributed by atoms with Gasteiger partial charge in [-0.1, -0.05) is 29.7 Å². The van der Waals surface area contributed by atoms with Crippen molar-refractivity contribution in [3.8, 4) is 11.8 Å². The number of anilines is 2. The molecule has 1 aromatic carbocycles. The molecule has 0 aliphatic carbocycles. The number of pyridine rings is 1. The lowest BCUT2D eigenvalue weighted by Gasteiger charge is -2.16. The first-order chi connectivity index (χ1) is 14.9. The van der Waals surface area contributed by atoms with Crippen LogP contribution in [0.1, 0.15) is 35.6 Å². The summed E-state index contributed by atoms with van der Waals surface area (Å²) < 4.78 is 0.